The van der Waals surface area contributed by atoms with E-state index in [4.69, 9.17) is 16.3 Å². The zero-order valence-electron chi connectivity index (χ0n) is 13.4. The highest BCUT2D eigenvalue weighted by atomic mass is 35.5. The van der Waals surface area contributed by atoms with Gasteiger partial charge in [-0.25, -0.2) is 4.79 Å². The highest BCUT2D eigenvalue weighted by Crippen LogP contribution is 2.72. The van der Waals surface area contributed by atoms with Gasteiger partial charge < -0.3 is 4.74 Å². The Kier molecular flexibility index (Phi) is 3.41. The van der Waals surface area contributed by atoms with E-state index in [1.807, 2.05) is 30.3 Å². The molecule has 4 rings (SSSR count). The van der Waals surface area contributed by atoms with Crippen molar-refractivity contribution in [2.45, 2.75) is 17.9 Å². The first-order valence-corrected chi connectivity index (χ1v) is 8.36. The fraction of sp³-hybridized carbons (Fsp3) is 0.263. The molecule has 0 amide bonds. The quantitative estimate of drug-likeness (QED) is 0.778. The molecule has 0 radical (unpaired) electrons. The Hall–Kier alpha value is -2.71. The molecule has 6 heteroatoms. The molecule has 0 saturated heterocycles. The van der Waals surface area contributed by atoms with Crippen molar-refractivity contribution in [3.8, 4) is 6.07 Å². The SMILES string of the molecule is CCOC(=O)[C@@]12N=Nc3ccc(Cl)cc3[C@]1(c1ccccc1)[C@@H]2C#N. The van der Waals surface area contributed by atoms with Gasteiger partial charge in [0.15, 0.2) is 0 Å². The van der Waals surface area contributed by atoms with Gasteiger partial charge in [-0.05, 0) is 36.2 Å². The molecule has 5 nitrogen and oxygen atoms in total. The predicted octanol–water partition coefficient (Wildman–Crippen LogP) is 4.18. The number of hydrogen-bond donors (Lipinski definition) is 0. The molecule has 25 heavy (non-hydrogen) atoms. The summed E-state index contributed by atoms with van der Waals surface area (Å²) in [6.45, 7) is 1.94. The van der Waals surface area contributed by atoms with Gasteiger partial charge >= 0.3 is 5.97 Å². The molecule has 2 aromatic carbocycles. The third-order valence-electron chi connectivity index (χ3n) is 5.01. The molecule has 0 unspecified atom stereocenters. The van der Waals surface area contributed by atoms with E-state index in [1.165, 1.54) is 0 Å². The van der Waals surface area contributed by atoms with E-state index >= 15 is 0 Å². The topological polar surface area (TPSA) is 74.8 Å². The van der Waals surface area contributed by atoms with E-state index in [1.54, 1.807) is 25.1 Å². The van der Waals surface area contributed by atoms with E-state index in [0.29, 0.717) is 10.7 Å². The molecule has 0 N–H and O–H groups in total. The average molecular weight is 352 g/mol. The number of rotatable bonds is 3. The number of halogens is 1. The van der Waals surface area contributed by atoms with Crippen LogP contribution < -0.4 is 0 Å². The first-order valence-electron chi connectivity index (χ1n) is 7.98. The van der Waals surface area contributed by atoms with E-state index < -0.39 is 22.8 Å². The fourth-order valence-corrected chi connectivity index (χ4v) is 4.17. The smallest absolute Gasteiger partial charge is 0.338 e. The fourth-order valence-electron chi connectivity index (χ4n) is 4.00. The number of benzene rings is 2. The molecular formula is C19H14ClN3O2. The highest BCUT2D eigenvalue weighted by molar-refractivity contribution is 6.30. The van der Waals surface area contributed by atoms with Crippen LogP contribution in [0.2, 0.25) is 5.02 Å². The van der Waals surface area contributed by atoms with Crippen LogP contribution in [0, 0.1) is 17.2 Å². The Bertz CT molecular complexity index is 937. The first-order chi connectivity index (χ1) is 12.1. The van der Waals surface area contributed by atoms with Crippen LogP contribution in [0.5, 0.6) is 0 Å². The second kappa shape index (κ2) is 5.40. The second-order valence-corrected chi connectivity index (χ2v) is 6.52. The molecule has 2 aromatic rings. The van der Waals surface area contributed by atoms with Crippen LogP contribution in [0.3, 0.4) is 0 Å². The zero-order valence-corrected chi connectivity index (χ0v) is 14.2. The summed E-state index contributed by atoms with van der Waals surface area (Å²) in [5.41, 5.74) is -0.114. The van der Waals surface area contributed by atoms with E-state index in [9.17, 15) is 10.1 Å². The number of nitriles is 1. The molecule has 0 spiro atoms. The lowest BCUT2D eigenvalue weighted by atomic mass is 9.81. The van der Waals surface area contributed by atoms with Gasteiger partial charge in [0, 0.05) is 5.02 Å². The maximum atomic E-state index is 12.8. The van der Waals surface area contributed by atoms with Crippen LogP contribution in [0.15, 0.2) is 58.8 Å². The van der Waals surface area contributed by atoms with Crippen molar-refractivity contribution in [1.29, 1.82) is 5.26 Å². The lowest BCUT2D eigenvalue weighted by molar-refractivity contribution is -0.146. The Morgan fingerprint density at radius 3 is 2.76 bits per heavy atom. The summed E-state index contributed by atoms with van der Waals surface area (Å²) in [7, 11) is 0. The van der Waals surface area contributed by atoms with Crippen LogP contribution in [-0.4, -0.2) is 18.1 Å². The van der Waals surface area contributed by atoms with Crippen molar-refractivity contribution in [3.63, 3.8) is 0 Å². The average Bonchev–Trinajstić information content (AvgIpc) is 3.28. The molecule has 1 aliphatic carbocycles. The number of carbonyl (C=O) groups excluding carboxylic acids is 1. The van der Waals surface area contributed by atoms with Gasteiger partial charge in [-0.15, -0.1) is 0 Å². The van der Waals surface area contributed by atoms with Crippen LogP contribution >= 0.6 is 11.6 Å². The molecule has 1 fully saturated rings. The summed E-state index contributed by atoms with van der Waals surface area (Å²) in [4.78, 5) is 12.8. The zero-order chi connectivity index (χ0) is 17.7. The number of azo groups is 1. The summed E-state index contributed by atoms with van der Waals surface area (Å²) in [5.74, 6) is -1.23. The minimum atomic E-state index is -1.36. The van der Waals surface area contributed by atoms with E-state index in [-0.39, 0.29) is 6.61 Å². The predicted molar refractivity (Wildman–Crippen MR) is 91.7 cm³/mol. The molecular weight excluding hydrogens is 338 g/mol. The molecule has 1 aliphatic heterocycles. The lowest BCUT2D eigenvalue weighted by Gasteiger charge is -2.26. The number of nitrogens with zero attached hydrogens (tertiary/aromatic N) is 3. The second-order valence-electron chi connectivity index (χ2n) is 6.08. The molecule has 3 atom stereocenters. The number of esters is 1. The highest BCUT2D eigenvalue weighted by Gasteiger charge is 2.86. The normalized spacial score (nSPS) is 28.4. The Morgan fingerprint density at radius 1 is 1.32 bits per heavy atom. The summed E-state index contributed by atoms with van der Waals surface area (Å²) in [6, 6.07) is 17.0. The van der Waals surface area contributed by atoms with Gasteiger partial charge in [-0.3, -0.25) is 0 Å². The van der Waals surface area contributed by atoms with Crippen molar-refractivity contribution < 1.29 is 9.53 Å². The number of hydrogen-bond acceptors (Lipinski definition) is 5. The van der Waals surface area contributed by atoms with Crippen LogP contribution in [-0.2, 0) is 14.9 Å². The van der Waals surface area contributed by atoms with E-state index in [0.717, 1.165) is 11.1 Å². The summed E-state index contributed by atoms with van der Waals surface area (Å²) < 4.78 is 5.27. The van der Waals surface area contributed by atoms with Crippen molar-refractivity contribution in [2.24, 2.45) is 16.1 Å². The summed E-state index contributed by atoms with van der Waals surface area (Å²) in [6.07, 6.45) is 0. The molecule has 0 aromatic heterocycles. The largest absolute Gasteiger partial charge is 0.464 e. The number of fused-ring (bicyclic) bond motifs is 3. The van der Waals surface area contributed by atoms with Crippen LogP contribution in [0.25, 0.3) is 0 Å². The van der Waals surface area contributed by atoms with Crippen molar-refractivity contribution in [1.82, 2.24) is 0 Å². The van der Waals surface area contributed by atoms with Gasteiger partial charge in [0.05, 0.1) is 23.8 Å². The maximum Gasteiger partial charge on any atom is 0.338 e. The molecule has 124 valence electrons. The first kappa shape index (κ1) is 15.8. The molecule has 2 aliphatic rings. The molecule has 1 saturated carbocycles. The van der Waals surface area contributed by atoms with Crippen LogP contribution in [0.4, 0.5) is 5.69 Å². The van der Waals surface area contributed by atoms with Crippen molar-refractivity contribution in [3.05, 3.63) is 64.7 Å². The maximum absolute atomic E-state index is 12.8. The van der Waals surface area contributed by atoms with Gasteiger partial charge in [-0.1, -0.05) is 41.9 Å². The van der Waals surface area contributed by atoms with Gasteiger partial charge in [0.25, 0.3) is 0 Å². The minimum Gasteiger partial charge on any atom is -0.464 e. The van der Waals surface area contributed by atoms with Gasteiger partial charge in [0.1, 0.15) is 5.92 Å². The van der Waals surface area contributed by atoms with Gasteiger partial charge in [-0.2, -0.15) is 15.5 Å². The van der Waals surface area contributed by atoms with Gasteiger partial charge in [0.2, 0.25) is 5.54 Å². The summed E-state index contributed by atoms with van der Waals surface area (Å²) in [5, 5.41) is 18.9. The van der Waals surface area contributed by atoms with Crippen molar-refractivity contribution in [2.75, 3.05) is 6.61 Å². The molecule has 0 bridgehead atoms. The molecule has 1 heterocycles. The third-order valence-corrected chi connectivity index (χ3v) is 5.25. The lowest BCUT2D eigenvalue weighted by Crippen LogP contribution is -2.35. The third kappa shape index (κ3) is 1.80. The Morgan fingerprint density at radius 2 is 2.08 bits per heavy atom. The number of ether oxygens (including phenoxy) is 1. The van der Waals surface area contributed by atoms with E-state index in [2.05, 4.69) is 16.3 Å². The standard InChI is InChI=1S/C19H14ClN3O2/c1-2-25-17(24)19-16(11-21)18(19,12-6-4-3-5-7-12)14-10-13(20)8-9-15(14)22-23-19/h3-10,16H,2H2,1H3/t16-,18+,19+/m0/s1. The van der Waals surface area contributed by atoms with Crippen molar-refractivity contribution >= 4 is 23.3 Å². The Labute approximate surface area is 149 Å². The monoisotopic (exact) mass is 351 g/mol. The number of carbonyl (C=O) groups is 1. The summed E-state index contributed by atoms with van der Waals surface area (Å²) >= 11 is 6.22. The van der Waals surface area contributed by atoms with Crippen LogP contribution in [0.1, 0.15) is 18.1 Å². The Balaban J connectivity index is 2.04. The minimum absolute atomic E-state index is 0.210.